The molecule has 0 aliphatic carbocycles. The first-order valence-corrected chi connectivity index (χ1v) is 8.29. The van der Waals surface area contributed by atoms with Crippen molar-refractivity contribution in [2.75, 3.05) is 6.61 Å². The molecule has 126 valence electrons. The van der Waals surface area contributed by atoms with Gasteiger partial charge in [-0.15, -0.1) is 0 Å². The van der Waals surface area contributed by atoms with Gasteiger partial charge in [0.25, 0.3) is 0 Å². The molecule has 1 aliphatic heterocycles. The lowest BCUT2D eigenvalue weighted by molar-refractivity contribution is -0.176. The number of esters is 1. The average molecular weight is 326 g/mol. The van der Waals surface area contributed by atoms with Gasteiger partial charge in [0.1, 0.15) is 6.10 Å². The first-order valence-electron chi connectivity index (χ1n) is 8.29. The molecule has 1 heterocycles. The van der Waals surface area contributed by atoms with E-state index in [-0.39, 0.29) is 12.1 Å². The van der Waals surface area contributed by atoms with Crippen molar-refractivity contribution >= 4 is 5.97 Å². The van der Waals surface area contributed by atoms with Gasteiger partial charge in [0.2, 0.25) is 0 Å². The molecular formula is C20H22O4. The highest BCUT2D eigenvalue weighted by Gasteiger charge is 2.30. The largest absolute Gasteiger partial charge is 0.458 e. The van der Waals surface area contributed by atoms with E-state index in [4.69, 9.17) is 14.2 Å². The van der Waals surface area contributed by atoms with Crippen molar-refractivity contribution in [2.45, 2.75) is 38.3 Å². The highest BCUT2D eigenvalue weighted by atomic mass is 16.6. The van der Waals surface area contributed by atoms with E-state index in [0.717, 1.165) is 17.5 Å². The minimum atomic E-state index is -0.476. The summed E-state index contributed by atoms with van der Waals surface area (Å²) in [6, 6.07) is 19.8. The smallest absolute Gasteiger partial charge is 0.335 e. The van der Waals surface area contributed by atoms with E-state index in [9.17, 15) is 4.79 Å². The molecule has 0 spiro atoms. The van der Waals surface area contributed by atoms with Crippen molar-refractivity contribution in [3.8, 4) is 0 Å². The molecule has 0 aromatic heterocycles. The lowest BCUT2D eigenvalue weighted by Crippen LogP contribution is -2.38. The quantitative estimate of drug-likeness (QED) is 0.731. The molecule has 3 rings (SSSR count). The number of ether oxygens (including phenoxy) is 3. The lowest BCUT2D eigenvalue weighted by Gasteiger charge is -2.28. The van der Waals surface area contributed by atoms with Gasteiger partial charge in [0.15, 0.2) is 6.10 Å². The van der Waals surface area contributed by atoms with Crippen LogP contribution in [0.5, 0.6) is 0 Å². The third-order valence-corrected chi connectivity index (χ3v) is 4.01. The second-order valence-corrected chi connectivity index (χ2v) is 5.92. The van der Waals surface area contributed by atoms with E-state index in [2.05, 4.69) is 0 Å². The third kappa shape index (κ3) is 4.91. The van der Waals surface area contributed by atoms with Crippen LogP contribution >= 0.6 is 0 Å². The zero-order valence-electron chi connectivity index (χ0n) is 13.6. The maximum atomic E-state index is 12.1. The maximum absolute atomic E-state index is 12.1. The second-order valence-electron chi connectivity index (χ2n) is 5.92. The Kier molecular flexibility index (Phi) is 5.99. The Bertz CT molecular complexity index is 627. The van der Waals surface area contributed by atoms with Crippen LogP contribution in [-0.2, 0) is 32.2 Å². The molecule has 0 radical (unpaired) electrons. The fraction of sp³-hybridized carbons (Fsp3) is 0.350. The molecule has 4 nitrogen and oxygen atoms in total. The first-order chi connectivity index (χ1) is 11.8. The van der Waals surface area contributed by atoms with Gasteiger partial charge in [0.05, 0.1) is 19.8 Å². The minimum Gasteiger partial charge on any atom is -0.458 e. The molecule has 4 heteroatoms. The van der Waals surface area contributed by atoms with Gasteiger partial charge in [-0.2, -0.15) is 0 Å². The fourth-order valence-electron chi connectivity index (χ4n) is 2.68. The van der Waals surface area contributed by atoms with Crippen LogP contribution in [0.2, 0.25) is 0 Å². The normalized spacial score (nSPS) is 20.6. The number of carbonyl (C=O) groups is 1. The molecule has 0 N–H and O–H groups in total. The summed E-state index contributed by atoms with van der Waals surface area (Å²) in [6.45, 7) is 1.38. The van der Waals surface area contributed by atoms with Gasteiger partial charge < -0.3 is 14.2 Å². The van der Waals surface area contributed by atoms with Crippen LogP contribution in [-0.4, -0.2) is 24.8 Å². The van der Waals surface area contributed by atoms with Gasteiger partial charge in [0, 0.05) is 0 Å². The molecule has 2 atom stereocenters. The van der Waals surface area contributed by atoms with Crippen molar-refractivity contribution in [3.63, 3.8) is 0 Å². The number of rotatable bonds is 7. The van der Waals surface area contributed by atoms with E-state index in [1.807, 2.05) is 60.7 Å². The summed E-state index contributed by atoms with van der Waals surface area (Å²) < 4.78 is 16.8. The number of benzene rings is 2. The molecule has 1 fully saturated rings. The fourth-order valence-corrected chi connectivity index (χ4v) is 2.68. The van der Waals surface area contributed by atoms with Gasteiger partial charge in [-0.3, -0.25) is 0 Å². The van der Waals surface area contributed by atoms with Crippen LogP contribution in [0.15, 0.2) is 60.7 Å². The van der Waals surface area contributed by atoms with Crippen molar-refractivity contribution < 1.29 is 19.0 Å². The van der Waals surface area contributed by atoms with Crippen LogP contribution in [0.3, 0.4) is 0 Å². The van der Waals surface area contributed by atoms with Crippen molar-refractivity contribution in [1.29, 1.82) is 0 Å². The molecule has 1 saturated heterocycles. The van der Waals surface area contributed by atoms with E-state index >= 15 is 0 Å². The predicted octanol–water partition coefficient (Wildman–Crippen LogP) is 3.49. The Morgan fingerprint density at radius 2 is 1.50 bits per heavy atom. The summed E-state index contributed by atoms with van der Waals surface area (Å²) in [5.74, 6) is -0.287. The van der Waals surface area contributed by atoms with Crippen LogP contribution in [0.25, 0.3) is 0 Å². The number of carbonyl (C=O) groups excluding carboxylic acids is 1. The molecule has 0 amide bonds. The van der Waals surface area contributed by atoms with Gasteiger partial charge >= 0.3 is 5.97 Å². The van der Waals surface area contributed by atoms with Crippen LogP contribution in [0.1, 0.15) is 24.0 Å². The summed E-state index contributed by atoms with van der Waals surface area (Å²) in [4.78, 5) is 12.1. The Hall–Kier alpha value is -2.17. The Balaban J connectivity index is 1.38. The van der Waals surface area contributed by atoms with Gasteiger partial charge in [-0.05, 0) is 24.0 Å². The predicted molar refractivity (Wildman–Crippen MR) is 90.2 cm³/mol. The Morgan fingerprint density at radius 1 is 0.875 bits per heavy atom. The van der Waals surface area contributed by atoms with Crippen LogP contribution in [0, 0.1) is 0 Å². The highest BCUT2D eigenvalue weighted by molar-refractivity contribution is 5.75. The van der Waals surface area contributed by atoms with Crippen LogP contribution < -0.4 is 0 Å². The first kappa shape index (κ1) is 16.7. The molecule has 0 saturated carbocycles. The lowest BCUT2D eigenvalue weighted by atomic mass is 10.1. The Labute approximate surface area is 142 Å². The number of hydrogen-bond acceptors (Lipinski definition) is 4. The summed E-state index contributed by atoms with van der Waals surface area (Å²) >= 11 is 0. The molecular weight excluding hydrogens is 304 g/mol. The standard InChI is InChI=1S/C20H22O4/c21-20-19(23-14-17-9-5-2-6-10-17)12-11-18(24-20)15-22-13-16-7-3-1-4-8-16/h1-10,18-19H,11-15H2. The van der Waals surface area contributed by atoms with E-state index < -0.39 is 6.10 Å². The monoisotopic (exact) mass is 326 g/mol. The second kappa shape index (κ2) is 8.62. The summed E-state index contributed by atoms with van der Waals surface area (Å²) in [7, 11) is 0. The van der Waals surface area contributed by atoms with Gasteiger partial charge in [-0.1, -0.05) is 60.7 Å². The van der Waals surface area contributed by atoms with Gasteiger partial charge in [-0.25, -0.2) is 4.79 Å². The summed E-state index contributed by atoms with van der Waals surface area (Å²) in [5, 5.41) is 0. The molecule has 2 unspecified atom stereocenters. The van der Waals surface area contributed by atoms with Crippen LogP contribution in [0.4, 0.5) is 0 Å². The highest BCUT2D eigenvalue weighted by Crippen LogP contribution is 2.19. The average Bonchev–Trinajstić information content (AvgIpc) is 2.63. The van der Waals surface area contributed by atoms with Crippen molar-refractivity contribution in [2.24, 2.45) is 0 Å². The summed E-state index contributed by atoms with van der Waals surface area (Å²) in [5.41, 5.74) is 2.17. The molecule has 1 aliphatic rings. The van der Waals surface area contributed by atoms with E-state index in [0.29, 0.717) is 26.2 Å². The van der Waals surface area contributed by atoms with E-state index in [1.165, 1.54) is 0 Å². The summed E-state index contributed by atoms with van der Waals surface area (Å²) in [6.07, 6.45) is 0.777. The molecule has 0 bridgehead atoms. The molecule has 2 aromatic rings. The van der Waals surface area contributed by atoms with E-state index in [1.54, 1.807) is 0 Å². The zero-order chi connectivity index (χ0) is 16.6. The SMILES string of the molecule is O=C1OC(COCc2ccccc2)CCC1OCc1ccccc1. The van der Waals surface area contributed by atoms with Crippen molar-refractivity contribution in [1.82, 2.24) is 0 Å². The third-order valence-electron chi connectivity index (χ3n) is 4.01. The van der Waals surface area contributed by atoms with Crippen molar-refractivity contribution in [3.05, 3.63) is 71.8 Å². The number of cyclic esters (lactones) is 1. The minimum absolute atomic E-state index is 0.183. The number of hydrogen-bond donors (Lipinski definition) is 0. The molecule has 24 heavy (non-hydrogen) atoms. The zero-order valence-corrected chi connectivity index (χ0v) is 13.6. The maximum Gasteiger partial charge on any atom is 0.335 e. The Morgan fingerprint density at radius 3 is 2.12 bits per heavy atom. The topological polar surface area (TPSA) is 44.8 Å². The molecule has 2 aromatic carbocycles.